The fraction of sp³-hybridized carbons (Fsp3) is 0.400. The summed E-state index contributed by atoms with van der Waals surface area (Å²) in [5, 5.41) is 3.47. The van der Waals surface area contributed by atoms with Crippen LogP contribution in [0.15, 0.2) is 24.7 Å². The highest BCUT2D eigenvalue weighted by atomic mass is 19.4. The van der Waals surface area contributed by atoms with Crippen molar-refractivity contribution < 1.29 is 18.0 Å². The number of H-pyrrole nitrogens is 1. The lowest BCUT2D eigenvalue weighted by atomic mass is 9.97. The molecule has 1 saturated heterocycles. The molecule has 0 bridgehead atoms. The first-order valence-corrected chi connectivity index (χ1v) is 10.1. The molecule has 1 aliphatic heterocycles. The summed E-state index contributed by atoms with van der Waals surface area (Å²) < 4.78 is 39.4. The molecule has 0 spiro atoms. The van der Waals surface area contributed by atoms with Crippen LogP contribution < -0.4 is 16.8 Å². The van der Waals surface area contributed by atoms with E-state index in [1.807, 2.05) is 4.90 Å². The maximum Gasteiger partial charge on any atom is 0.417 e. The number of primary amides is 1. The van der Waals surface area contributed by atoms with Gasteiger partial charge in [0, 0.05) is 29.9 Å². The van der Waals surface area contributed by atoms with Gasteiger partial charge in [-0.15, -0.1) is 0 Å². The van der Waals surface area contributed by atoms with Crippen LogP contribution in [-0.2, 0) is 11.0 Å². The molecule has 0 aromatic carbocycles. The molecule has 3 aromatic heterocycles. The Morgan fingerprint density at radius 1 is 1.25 bits per heavy atom. The van der Waals surface area contributed by atoms with Crippen molar-refractivity contribution in [1.82, 2.24) is 24.8 Å². The first kappa shape index (κ1) is 21.8. The monoisotopic (exact) mass is 448 g/mol. The highest BCUT2D eigenvalue weighted by Gasteiger charge is 2.31. The molecule has 4 rings (SSSR count). The molecule has 9 nitrogen and oxygen atoms in total. The minimum absolute atomic E-state index is 0.244. The van der Waals surface area contributed by atoms with Gasteiger partial charge in [0.15, 0.2) is 0 Å². The van der Waals surface area contributed by atoms with Gasteiger partial charge in [-0.05, 0) is 37.9 Å². The topological polar surface area (TPSA) is 139 Å². The first-order valence-electron chi connectivity index (χ1n) is 10.1. The number of hydrogen-bond donors (Lipinski definition) is 4. The number of likely N-dealkylation sites (tertiary alicyclic amines) is 1. The number of piperidine rings is 1. The summed E-state index contributed by atoms with van der Waals surface area (Å²) in [7, 11) is 0. The third kappa shape index (κ3) is 4.74. The highest BCUT2D eigenvalue weighted by Crippen LogP contribution is 2.35. The van der Waals surface area contributed by atoms with Crippen LogP contribution in [-0.4, -0.2) is 56.9 Å². The van der Waals surface area contributed by atoms with Crippen molar-refractivity contribution in [2.24, 2.45) is 11.7 Å². The molecule has 1 fully saturated rings. The van der Waals surface area contributed by atoms with Crippen LogP contribution in [0.2, 0.25) is 0 Å². The Hall–Kier alpha value is -3.41. The van der Waals surface area contributed by atoms with Crippen LogP contribution in [0.3, 0.4) is 0 Å². The van der Waals surface area contributed by atoms with E-state index in [-0.39, 0.29) is 23.5 Å². The van der Waals surface area contributed by atoms with Crippen molar-refractivity contribution in [2.75, 3.05) is 37.2 Å². The second-order valence-corrected chi connectivity index (χ2v) is 7.88. The standard InChI is InChI=1S/C20H23F3N8O/c21-20(22,23)12-5-13-14(8-27-18(13)26-7-12)17-15(24)9-29-19(30-17)28-6-11-1-3-31(4-2-11)10-16(25)32/h5,7-9,11H,1-4,6,10,24H2,(H2,25,32)(H,26,27)(H,28,29,30). The Labute approximate surface area is 181 Å². The summed E-state index contributed by atoms with van der Waals surface area (Å²) in [5.41, 5.74) is 11.7. The van der Waals surface area contributed by atoms with Gasteiger partial charge in [0.2, 0.25) is 11.9 Å². The molecule has 0 radical (unpaired) electrons. The quantitative estimate of drug-likeness (QED) is 0.453. The van der Waals surface area contributed by atoms with E-state index in [4.69, 9.17) is 11.5 Å². The van der Waals surface area contributed by atoms with Gasteiger partial charge >= 0.3 is 6.18 Å². The van der Waals surface area contributed by atoms with Gasteiger partial charge in [-0.3, -0.25) is 9.69 Å². The number of alkyl halides is 3. The van der Waals surface area contributed by atoms with Gasteiger partial charge in [-0.25, -0.2) is 15.0 Å². The molecule has 1 aliphatic rings. The summed E-state index contributed by atoms with van der Waals surface area (Å²) in [5.74, 6) is 0.373. The predicted molar refractivity (Wildman–Crippen MR) is 113 cm³/mol. The van der Waals surface area contributed by atoms with Gasteiger partial charge in [0.05, 0.1) is 24.0 Å². The molecular formula is C20H23F3N8O. The molecular weight excluding hydrogens is 425 g/mol. The number of nitrogens with zero attached hydrogens (tertiary/aromatic N) is 4. The van der Waals surface area contributed by atoms with Crippen molar-refractivity contribution in [3.63, 3.8) is 0 Å². The molecule has 6 N–H and O–H groups in total. The van der Waals surface area contributed by atoms with Crippen LogP contribution in [0, 0.1) is 5.92 Å². The summed E-state index contributed by atoms with van der Waals surface area (Å²) in [6.07, 6.45) is 1.04. The van der Waals surface area contributed by atoms with Crippen molar-refractivity contribution in [1.29, 1.82) is 0 Å². The predicted octanol–water partition coefficient (Wildman–Crippen LogP) is 2.23. The Kier molecular flexibility index (Phi) is 5.87. The molecule has 1 amide bonds. The lowest BCUT2D eigenvalue weighted by molar-refractivity contribution is -0.137. The zero-order valence-electron chi connectivity index (χ0n) is 17.1. The minimum atomic E-state index is -4.51. The lowest BCUT2D eigenvalue weighted by Crippen LogP contribution is -2.40. The normalized spacial score (nSPS) is 15.8. The second-order valence-electron chi connectivity index (χ2n) is 7.88. The SMILES string of the molecule is NC(=O)CN1CCC(CNc2ncc(N)c(-c3c[nH]c4ncc(C(F)(F)F)cc34)n2)CC1. The lowest BCUT2D eigenvalue weighted by Gasteiger charge is -2.31. The van der Waals surface area contributed by atoms with Crippen molar-refractivity contribution in [2.45, 2.75) is 19.0 Å². The average molecular weight is 448 g/mol. The van der Waals surface area contributed by atoms with Crippen molar-refractivity contribution in [3.8, 4) is 11.3 Å². The van der Waals surface area contributed by atoms with E-state index in [0.29, 0.717) is 35.3 Å². The van der Waals surface area contributed by atoms with Gasteiger partial charge in [0.25, 0.3) is 0 Å². The Balaban J connectivity index is 1.50. The fourth-order valence-corrected chi connectivity index (χ4v) is 3.85. The molecule has 4 heterocycles. The van der Waals surface area contributed by atoms with E-state index in [2.05, 4.69) is 25.3 Å². The van der Waals surface area contributed by atoms with E-state index in [1.54, 1.807) is 0 Å². The number of amides is 1. The largest absolute Gasteiger partial charge is 0.417 e. The molecule has 0 atom stereocenters. The van der Waals surface area contributed by atoms with Crippen LogP contribution in [0.1, 0.15) is 18.4 Å². The molecule has 32 heavy (non-hydrogen) atoms. The number of nitrogen functional groups attached to an aromatic ring is 1. The summed E-state index contributed by atoms with van der Waals surface area (Å²) in [4.78, 5) is 28.4. The van der Waals surface area contributed by atoms with Crippen LogP contribution in [0.5, 0.6) is 0 Å². The maximum absolute atomic E-state index is 13.1. The van der Waals surface area contributed by atoms with E-state index >= 15 is 0 Å². The smallest absolute Gasteiger partial charge is 0.396 e. The van der Waals surface area contributed by atoms with Gasteiger partial charge in [-0.1, -0.05) is 0 Å². The van der Waals surface area contributed by atoms with Crippen molar-refractivity contribution in [3.05, 3.63) is 30.2 Å². The second kappa shape index (κ2) is 8.61. The Bertz CT molecular complexity index is 1120. The maximum atomic E-state index is 13.1. The number of nitrogens with one attached hydrogen (secondary N) is 2. The number of halogens is 3. The van der Waals surface area contributed by atoms with Crippen LogP contribution in [0.4, 0.5) is 24.8 Å². The van der Waals surface area contributed by atoms with Crippen LogP contribution in [0.25, 0.3) is 22.3 Å². The van der Waals surface area contributed by atoms with Gasteiger partial charge < -0.3 is 21.8 Å². The molecule has 170 valence electrons. The zero-order valence-corrected chi connectivity index (χ0v) is 17.1. The molecule has 12 heteroatoms. The van der Waals surface area contributed by atoms with E-state index in [1.165, 1.54) is 12.4 Å². The number of hydrogen-bond acceptors (Lipinski definition) is 7. The molecule has 3 aromatic rings. The van der Waals surface area contributed by atoms with Gasteiger partial charge in [0.1, 0.15) is 11.3 Å². The first-order chi connectivity index (χ1) is 15.2. The van der Waals surface area contributed by atoms with Crippen LogP contribution >= 0.6 is 0 Å². The molecule has 0 saturated carbocycles. The number of carbonyl (C=O) groups is 1. The number of fused-ring (bicyclic) bond motifs is 1. The van der Waals surface area contributed by atoms with Gasteiger partial charge in [-0.2, -0.15) is 13.2 Å². The number of anilines is 2. The highest BCUT2D eigenvalue weighted by molar-refractivity contribution is 5.95. The summed E-state index contributed by atoms with van der Waals surface area (Å²) in [6, 6.07) is 1.03. The number of pyridine rings is 1. The zero-order chi connectivity index (χ0) is 22.9. The number of rotatable bonds is 6. The summed E-state index contributed by atoms with van der Waals surface area (Å²) in [6.45, 7) is 2.46. The summed E-state index contributed by atoms with van der Waals surface area (Å²) >= 11 is 0. The molecule has 0 aliphatic carbocycles. The third-order valence-electron chi connectivity index (χ3n) is 5.57. The number of carbonyl (C=O) groups excluding carboxylic acids is 1. The fourth-order valence-electron chi connectivity index (χ4n) is 3.85. The van der Waals surface area contributed by atoms with Crippen molar-refractivity contribution >= 4 is 28.6 Å². The average Bonchev–Trinajstić information content (AvgIpc) is 3.16. The van der Waals surface area contributed by atoms with E-state index < -0.39 is 11.7 Å². The number of aromatic amines is 1. The van der Waals surface area contributed by atoms with E-state index in [0.717, 1.165) is 38.2 Å². The third-order valence-corrected chi connectivity index (χ3v) is 5.57. The molecule has 0 unspecified atom stereocenters. The number of nitrogens with two attached hydrogens (primary N) is 2. The Morgan fingerprint density at radius 2 is 2.00 bits per heavy atom. The Morgan fingerprint density at radius 3 is 2.69 bits per heavy atom. The van der Waals surface area contributed by atoms with E-state index in [9.17, 15) is 18.0 Å². The minimum Gasteiger partial charge on any atom is -0.396 e. The number of aromatic nitrogens is 4.